The minimum Gasteiger partial charge on any atom is -0.336 e. The Kier molecular flexibility index (Phi) is 5.25. The lowest BCUT2D eigenvalue weighted by Gasteiger charge is -2.35. The summed E-state index contributed by atoms with van der Waals surface area (Å²) in [6.45, 7) is 11.5. The van der Waals surface area contributed by atoms with E-state index in [1.807, 2.05) is 12.5 Å². The number of aromatic nitrogens is 2. The van der Waals surface area contributed by atoms with Crippen molar-refractivity contribution in [1.82, 2.24) is 14.9 Å². The topological polar surface area (TPSA) is 29.9 Å². The summed E-state index contributed by atoms with van der Waals surface area (Å²) in [5, 5.41) is 3.84. The molecule has 1 N–H and O–H groups in total. The Morgan fingerprint density at radius 2 is 2.15 bits per heavy atom. The summed E-state index contributed by atoms with van der Waals surface area (Å²) in [4.78, 5) is 4.15. The van der Waals surface area contributed by atoms with Gasteiger partial charge in [0.25, 0.3) is 0 Å². The molecule has 1 heterocycles. The molecule has 0 spiro atoms. The maximum atomic E-state index is 4.15. The number of imidazole rings is 1. The lowest BCUT2D eigenvalue weighted by atomic mass is 9.81. The van der Waals surface area contributed by atoms with Gasteiger partial charge in [-0.2, -0.15) is 0 Å². The van der Waals surface area contributed by atoms with Crippen LogP contribution in [0.3, 0.4) is 0 Å². The maximum absolute atomic E-state index is 4.15. The van der Waals surface area contributed by atoms with Crippen molar-refractivity contribution in [3.63, 3.8) is 0 Å². The van der Waals surface area contributed by atoms with Crippen LogP contribution < -0.4 is 5.32 Å². The first-order chi connectivity index (χ1) is 9.45. The average molecular weight is 277 g/mol. The Bertz CT molecular complexity index is 377. The van der Waals surface area contributed by atoms with Crippen molar-refractivity contribution in [2.75, 3.05) is 6.54 Å². The van der Waals surface area contributed by atoms with Crippen LogP contribution in [-0.4, -0.2) is 22.1 Å². The molecule has 114 valence electrons. The second kappa shape index (κ2) is 6.75. The van der Waals surface area contributed by atoms with E-state index in [-0.39, 0.29) is 5.41 Å². The van der Waals surface area contributed by atoms with Gasteiger partial charge in [0, 0.05) is 25.0 Å². The molecule has 0 radical (unpaired) electrons. The molecule has 1 aromatic heterocycles. The van der Waals surface area contributed by atoms with E-state index in [0.29, 0.717) is 6.04 Å². The van der Waals surface area contributed by atoms with E-state index in [0.717, 1.165) is 18.4 Å². The van der Waals surface area contributed by atoms with E-state index in [4.69, 9.17) is 0 Å². The van der Waals surface area contributed by atoms with Crippen LogP contribution in [0.25, 0.3) is 0 Å². The Morgan fingerprint density at radius 1 is 1.35 bits per heavy atom. The predicted molar refractivity (Wildman–Crippen MR) is 84.6 cm³/mol. The van der Waals surface area contributed by atoms with E-state index in [2.05, 4.69) is 48.8 Å². The third kappa shape index (κ3) is 4.62. The lowest BCUT2D eigenvalue weighted by Crippen LogP contribution is -2.45. The third-order valence-electron chi connectivity index (χ3n) is 4.70. The second-order valence-corrected chi connectivity index (χ2v) is 7.72. The molecule has 20 heavy (non-hydrogen) atoms. The Hall–Kier alpha value is -0.830. The minimum absolute atomic E-state index is 0.268. The van der Waals surface area contributed by atoms with Crippen LogP contribution in [0.2, 0.25) is 0 Å². The lowest BCUT2D eigenvalue weighted by molar-refractivity contribution is 0.207. The zero-order chi connectivity index (χ0) is 14.6. The molecule has 1 aliphatic carbocycles. The van der Waals surface area contributed by atoms with Gasteiger partial charge in [0.1, 0.15) is 0 Å². The highest BCUT2D eigenvalue weighted by atomic mass is 15.1. The summed E-state index contributed by atoms with van der Waals surface area (Å²) in [5.74, 6) is 1.78. The summed E-state index contributed by atoms with van der Waals surface area (Å²) < 4.78 is 2.19. The van der Waals surface area contributed by atoms with Gasteiger partial charge in [-0.3, -0.25) is 0 Å². The van der Waals surface area contributed by atoms with Crippen LogP contribution >= 0.6 is 0 Å². The van der Waals surface area contributed by atoms with Crippen LogP contribution in [0.1, 0.15) is 53.4 Å². The summed E-state index contributed by atoms with van der Waals surface area (Å²) in [5.41, 5.74) is 0.268. The number of rotatable bonds is 5. The second-order valence-electron chi connectivity index (χ2n) is 7.72. The van der Waals surface area contributed by atoms with Crippen molar-refractivity contribution in [3.8, 4) is 0 Å². The molecule has 3 heteroatoms. The largest absolute Gasteiger partial charge is 0.336 e. The van der Waals surface area contributed by atoms with Gasteiger partial charge in [-0.05, 0) is 36.6 Å². The van der Waals surface area contributed by atoms with Crippen LogP contribution in [0.15, 0.2) is 18.7 Å². The maximum Gasteiger partial charge on any atom is 0.0946 e. The third-order valence-corrected chi connectivity index (χ3v) is 4.70. The SMILES string of the molecule is CC1CCCC(CNC(Cn2ccnc2)C(C)(C)C)C1. The number of hydrogen-bond donors (Lipinski definition) is 1. The van der Waals surface area contributed by atoms with Gasteiger partial charge in [-0.25, -0.2) is 4.98 Å². The van der Waals surface area contributed by atoms with Crippen molar-refractivity contribution >= 4 is 0 Å². The molecule has 1 fully saturated rings. The van der Waals surface area contributed by atoms with Crippen LogP contribution in [0, 0.1) is 17.3 Å². The van der Waals surface area contributed by atoms with Crippen LogP contribution in [0.5, 0.6) is 0 Å². The first kappa shape index (κ1) is 15.6. The highest BCUT2D eigenvalue weighted by Gasteiger charge is 2.26. The van der Waals surface area contributed by atoms with Crippen molar-refractivity contribution in [2.45, 2.75) is 66.0 Å². The quantitative estimate of drug-likeness (QED) is 0.889. The monoisotopic (exact) mass is 277 g/mol. The van der Waals surface area contributed by atoms with Crippen molar-refractivity contribution in [2.24, 2.45) is 17.3 Å². The summed E-state index contributed by atoms with van der Waals surface area (Å²) in [6, 6.07) is 0.494. The smallest absolute Gasteiger partial charge is 0.0946 e. The number of nitrogens with zero attached hydrogens (tertiary/aromatic N) is 2. The van der Waals surface area contributed by atoms with E-state index in [1.54, 1.807) is 0 Å². The standard InChI is InChI=1S/C17H31N3/c1-14-6-5-7-15(10-14)11-19-16(17(2,3)4)12-20-9-8-18-13-20/h8-9,13-16,19H,5-7,10-12H2,1-4H3. The molecule has 2 rings (SSSR count). The van der Waals surface area contributed by atoms with Gasteiger partial charge < -0.3 is 9.88 Å². The first-order valence-electron chi connectivity index (χ1n) is 8.14. The summed E-state index contributed by atoms with van der Waals surface area (Å²) >= 11 is 0. The Labute approximate surface area is 124 Å². The van der Waals surface area contributed by atoms with Gasteiger partial charge in [-0.1, -0.05) is 40.5 Å². The molecule has 3 atom stereocenters. The molecular formula is C17H31N3. The van der Waals surface area contributed by atoms with Crippen LogP contribution in [0.4, 0.5) is 0 Å². The normalized spacial score (nSPS) is 25.6. The van der Waals surface area contributed by atoms with E-state index in [9.17, 15) is 0 Å². The van der Waals surface area contributed by atoms with Gasteiger partial charge in [0.05, 0.1) is 6.33 Å². The highest BCUT2D eigenvalue weighted by molar-refractivity contribution is 4.85. The van der Waals surface area contributed by atoms with Crippen LogP contribution in [-0.2, 0) is 6.54 Å². The number of nitrogens with one attached hydrogen (secondary N) is 1. The van der Waals surface area contributed by atoms with Crippen molar-refractivity contribution in [3.05, 3.63) is 18.7 Å². The van der Waals surface area contributed by atoms with E-state index < -0.39 is 0 Å². The summed E-state index contributed by atoms with van der Waals surface area (Å²) in [6.07, 6.45) is 11.5. The molecule has 1 aromatic rings. The molecular weight excluding hydrogens is 246 g/mol. The molecule has 3 unspecified atom stereocenters. The van der Waals surface area contributed by atoms with E-state index in [1.165, 1.54) is 32.2 Å². The molecule has 3 nitrogen and oxygen atoms in total. The molecule has 0 aromatic carbocycles. The Morgan fingerprint density at radius 3 is 2.75 bits per heavy atom. The molecule has 0 bridgehead atoms. The van der Waals surface area contributed by atoms with Gasteiger partial charge in [-0.15, -0.1) is 0 Å². The van der Waals surface area contributed by atoms with E-state index >= 15 is 0 Å². The zero-order valence-electron chi connectivity index (χ0n) is 13.6. The molecule has 1 aliphatic rings. The number of hydrogen-bond acceptors (Lipinski definition) is 2. The fraction of sp³-hybridized carbons (Fsp3) is 0.824. The summed E-state index contributed by atoms with van der Waals surface area (Å²) in [7, 11) is 0. The Balaban J connectivity index is 1.87. The predicted octanol–water partition coefficient (Wildman–Crippen LogP) is 3.71. The fourth-order valence-corrected chi connectivity index (χ4v) is 3.30. The van der Waals surface area contributed by atoms with Gasteiger partial charge in [0.15, 0.2) is 0 Å². The zero-order valence-corrected chi connectivity index (χ0v) is 13.6. The molecule has 0 aliphatic heterocycles. The fourth-order valence-electron chi connectivity index (χ4n) is 3.30. The average Bonchev–Trinajstić information content (AvgIpc) is 2.86. The van der Waals surface area contributed by atoms with Gasteiger partial charge >= 0.3 is 0 Å². The van der Waals surface area contributed by atoms with Gasteiger partial charge in [0.2, 0.25) is 0 Å². The van der Waals surface area contributed by atoms with Crippen molar-refractivity contribution in [1.29, 1.82) is 0 Å². The minimum atomic E-state index is 0.268. The molecule has 0 saturated heterocycles. The first-order valence-corrected chi connectivity index (χ1v) is 8.14. The highest BCUT2D eigenvalue weighted by Crippen LogP contribution is 2.29. The van der Waals surface area contributed by atoms with Crippen molar-refractivity contribution < 1.29 is 0 Å². The molecule has 0 amide bonds. The molecule has 1 saturated carbocycles.